The van der Waals surface area contributed by atoms with Crippen molar-refractivity contribution in [1.29, 1.82) is 0 Å². The number of hydrogen-bond donors (Lipinski definition) is 1. The summed E-state index contributed by atoms with van der Waals surface area (Å²) >= 11 is 0. The van der Waals surface area contributed by atoms with E-state index in [0.29, 0.717) is 5.75 Å². The van der Waals surface area contributed by atoms with E-state index in [9.17, 15) is 17.6 Å². The Bertz CT molecular complexity index is 965. The maximum absolute atomic E-state index is 13.6. The van der Waals surface area contributed by atoms with Gasteiger partial charge in [0.2, 0.25) is 15.9 Å². The van der Waals surface area contributed by atoms with Crippen LogP contribution in [0.5, 0.6) is 11.5 Å². The van der Waals surface area contributed by atoms with Crippen molar-refractivity contribution in [3.63, 3.8) is 0 Å². The molecular formula is C20H25FN2O5S. The number of likely N-dealkylation sites (N-methyl/N-ethyl adjacent to an activating group) is 1. The van der Waals surface area contributed by atoms with Crippen LogP contribution in [0.1, 0.15) is 25.5 Å². The summed E-state index contributed by atoms with van der Waals surface area (Å²) in [4.78, 5) is 12.2. The molecule has 2 aromatic rings. The van der Waals surface area contributed by atoms with Crippen molar-refractivity contribution in [3.05, 3.63) is 53.8 Å². The van der Waals surface area contributed by atoms with Crippen LogP contribution in [0, 0.1) is 5.82 Å². The predicted molar refractivity (Wildman–Crippen MR) is 107 cm³/mol. The summed E-state index contributed by atoms with van der Waals surface area (Å²) < 4.78 is 50.9. The third-order valence-electron chi connectivity index (χ3n) is 4.40. The molecule has 0 aromatic heterocycles. The van der Waals surface area contributed by atoms with Gasteiger partial charge >= 0.3 is 0 Å². The molecule has 1 amide bonds. The maximum Gasteiger partial charge on any atom is 0.247 e. The van der Waals surface area contributed by atoms with Gasteiger partial charge in [0.25, 0.3) is 0 Å². The molecule has 0 aliphatic carbocycles. The number of hydrogen-bond acceptors (Lipinski definition) is 5. The van der Waals surface area contributed by atoms with Gasteiger partial charge in [0.05, 0.1) is 26.8 Å². The van der Waals surface area contributed by atoms with Gasteiger partial charge in [-0.2, -0.15) is 4.31 Å². The standard InChI is InChI=1S/C20H25FN2O5S/c1-5-23(29(25,26)19-12-15(21)10-11-18(19)28-4)13-20(24)22-14(2)16-8-6-7-9-17(16)27-3/h6-12,14H,5,13H2,1-4H3,(H,22,24). The van der Waals surface area contributed by atoms with Gasteiger partial charge in [-0.05, 0) is 31.2 Å². The predicted octanol–water partition coefficient (Wildman–Crippen LogP) is 2.73. The summed E-state index contributed by atoms with van der Waals surface area (Å²) in [5.74, 6) is -0.587. The molecule has 0 aliphatic rings. The first kappa shape index (κ1) is 22.6. The van der Waals surface area contributed by atoms with Crippen molar-refractivity contribution in [2.24, 2.45) is 0 Å². The third-order valence-corrected chi connectivity index (χ3v) is 6.34. The van der Waals surface area contributed by atoms with E-state index in [2.05, 4.69) is 5.32 Å². The monoisotopic (exact) mass is 424 g/mol. The zero-order valence-corrected chi connectivity index (χ0v) is 17.6. The molecular weight excluding hydrogens is 399 g/mol. The number of nitrogens with one attached hydrogen (secondary N) is 1. The summed E-state index contributed by atoms with van der Waals surface area (Å²) in [7, 11) is -1.31. The van der Waals surface area contributed by atoms with Crippen LogP contribution in [0.2, 0.25) is 0 Å². The topological polar surface area (TPSA) is 84.9 Å². The van der Waals surface area contributed by atoms with E-state index in [-0.39, 0.29) is 17.2 Å². The summed E-state index contributed by atoms with van der Waals surface area (Å²) in [5.41, 5.74) is 0.765. The first-order chi connectivity index (χ1) is 13.7. The van der Waals surface area contributed by atoms with Gasteiger partial charge in [-0.25, -0.2) is 12.8 Å². The Morgan fingerprint density at radius 1 is 1.14 bits per heavy atom. The molecule has 2 rings (SSSR count). The number of halogens is 1. The van der Waals surface area contributed by atoms with Crippen LogP contribution in [0.4, 0.5) is 4.39 Å². The molecule has 0 radical (unpaired) electrons. The second-order valence-corrected chi connectivity index (χ2v) is 8.16. The second-order valence-electron chi connectivity index (χ2n) is 6.26. The smallest absolute Gasteiger partial charge is 0.247 e. The highest BCUT2D eigenvalue weighted by molar-refractivity contribution is 7.89. The minimum absolute atomic E-state index is 0.00708. The number of ether oxygens (including phenoxy) is 2. The zero-order valence-electron chi connectivity index (χ0n) is 16.8. The van der Waals surface area contributed by atoms with Crippen molar-refractivity contribution in [2.45, 2.75) is 24.8 Å². The minimum atomic E-state index is -4.14. The molecule has 2 aromatic carbocycles. The number of nitrogens with zero attached hydrogens (tertiary/aromatic N) is 1. The van der Waals surface area contributed by atoms with Crippen LogP contribution in [0.3, 0.4) is 0 Å². The van der Waals surface area contributed by atoms with Gasteiger partial charge < -0.3 is 14.8 Å². The van der Waals surface area contributed by atoms with Crippen molar-refractivity contribution in [1.82, 2.24) is 9.62 Å². The van der Waals surface area contributed by atoms with Gasteiger partial charge in [-0.15, -0.1) is 0 Å². The van der Waals surface area contributed by atoms with Crippen LogP contribution in [-0.2, 0) is 14.8 Å². The summed E-state index contributed by atoms with van der Waals surface area (Å²) in [5, 5.41) is 2.77. The lowest BCUT2D eigenvalue weighted by molar-refractivity contribution is -0.121. The van der Waals surface area contributed by atoms with Crippen molar-refractivity contribution in [2.75, 3.05) is 27.3 Å². The van der Waals surface area contributed by atoms with Gasteiger partial charge in [-0.1, -0.05) is 25.1 Å². The summed E-state index contributed by atoms with van der Waals surface area (Å²) in [6.07, 6.45) is 0. The summed E-state index contributed by atoms with van der Waals surface area (Å²) in [6, 6.07) is 10.0. The molecule has 7 nitrogen and oxygen atoms in total. The quantitative estimate of drug-likeness (QED) is 0.669. The van der Waals surface area contributed by atoms with E-state index >= 15 is 0 Å². The van der Waals surface area contributed by atoms with Gasteiger partial charge in [0, 0.05) is 12.1 Å². The van der Waals surface area contributed by atoms with Crippen LogP contribution in [-0.4, -0.2) is 45.9 Å². The Labute approximate surface area is 170 Å². The summed E-state index contributed by atoms with van der Waals surface area (Å²) in [6.45, 7) is 2.98. The number of amides is 1. The highest BCUT2D eigenvalue weighted by Gasteiger charge is 2.29. The molecule has 1 N–H and O–H groups in total. The van der Waals surface area contributed by atoms with E-state index < -0.39 is 34.3 Å². The van der Waals surface area contributed by atoms with E-state index in [1.165, 1.54) is 20.3 Å². The van der Waals surface area contributed by atoms with E-state index in [1.54, 1.807) is 19.9 Å². The highest BCUT2D eigenvalue weighted by atomic mass is 32.2. The number of carbonyl (C=O) groups excluding carboxylic acids is 1. The zero-order chi connectivity index (χ0) is 21.6. The number of sulfonamides is 1. The molecule has 0 aliphatic heterocycles. The molecule has 1 atom stereocenters. The van der Waals surface area contributed by atoms with Crippen molar-refractivity contribution < 1.29 is 27.1 Å². The SMILES string of the molecule is CCN(CC(=O)NC(C)c1ccccc1OC)S(=O)(=O)c1cc(F)ccc1OC. The van der Waals surface area contributed by atoms with Crippen molar-refractivity contribution >= 4 is 15.9 Å². The number of rotatable bonds is 9. The van der Waals surface area contributed by atoms with Crippen molar-refractivity contribution in [3.8, 4) is 11.5 Å². The highest BCUT2D eigenvalue weighted by Crippen LogP contribution is 2.28. The fourth-order valence-electron chi connectivity index (χ4n) is 2.91. The number of para-hydroxylation sites is 1. The molecule has 0 fully saturated rings. The lowest BCUT2D eigenvalue weighted by atomic mass is 10.1. The van der Waals surface area contributed by atoms with E-state index in [1.807, 2.05) is 18.2 Å². The molecule has 0 heterocycles. The lowest BCUT2D eigenvalue weighted by Gasteiger charge is -2.23. The van der Waals surface area contributed by atoms with Crippen LogP contribution in [0.15, 0.2) is 47.4 Å². The van der Waals surface area contributed by atoms with E-state index in [4.69, 9.17) is 9.47 Å². The van der Waals surface area contributed by atoms with Crippen LogP contribution >= 0.6 is 0 Å². The number of carbonyl (C=O) groups is 1. The van der Waals surface area contributed by atoms with Gasteiger partial charge in [0.1, 0.15) is 22.2 Å². The Hall–Kier alpha value is -2.65. The fourth-order valence-corrected chi connectivity index (χ4v) is 4.48. The molecule has 0 bridgehead atoms. The number of methoxy groups -OCH3 is 2. The number of benzene rings is 2. The fraction of sp³-hybridized carbons (Fsp3) is 0.350. The van der Waals surface area contributed by atoms with Crippen LogP contribution < -0.4 is 14.8 Å². The Kier molecular flexibility index (Phi) is 7.58. The molecule has 0 saturated carbocycles. The Morgan fingerprint density at radius 3 is 2.41 bits per heavy atom. The first-order valence-electron chi connectivity index (χ1n) is 9.00. The molecule has 29 heavy (non-hydrogen) atoms. The minimum Gasteiger partial charge on any atom is -0.496 e. The Balaban J connectivity index is 2.20. The van der Waals surface area contributed by atoms with Gasteiger partial charge in [-0.3, -0.25) is 4.79 Å². The second kappa shape index (κ2) is 9.71. The average Bonchev–Trinajstić information content (AvgIpc) is 2.71. The normalized spacial score (nSPS) is 12.5. The molecule has 1 unspecified atom stereocenters. The lowest BCUT2D eigenvalue weighted by Crippen LogP contribution is -2.41. The molecule has 9 heteroatoms. The van der Waals surface area contributed by atoms with E-state index in [0.717, 1.165) is 22.0 Å². The van der Waals surface area contributed by atoms with Crippen LogP contribution in [0.25, 0.3) is 0 Å². The third kappa shape index (κ3) is 5.24. The first-order valence-corrected chi connectivity index (χ1v) is 10.4. The molecule has 158 valence electrons. The Morgan fingerprint density at radius 2 is 1.79 bits per heavy atom. The largest absolute Gasteiger partial charge is 0.496 e. The van der Waals surface area contributed by atoms with Gasteiger partial charge in [0.15, 0.2) is 0 Å². The molecule has 0 spiro atoms. The maximum atomic E-state index is 13.6. The molecule has 0 saturated heterocycles. The average molecular weight is 424 g/mol.